The average molecular weight is 189 g/mol. The molecule has 72 valence electrons. The van der Waals surface area contributed by atoms with Gasteiger partial charge in [-0.1, -0.05) is 0 Å². The molecule has 2 heterocycles. The van der Waals surface area contributed by atoms with Gasteiger partial charge in [0.2, 0.25) is 0 Å². The van der Waals surface area contributed by atoms with Gasteiger partial charge in [-0.25, -0.2) is 9.97 Å². The summed E-state index contributed by atoms with van der Waals surface area (Å²) in [6, 6.07) is 5.67. The molecule has 0 aromatic carbocycles. The third-order valence-electron chi connectivity index (χ3n) is 1.83. The van der Waals surface area contributed by atoms with Gasteiger partial charge in [0, 0.05) is 11.8 Å². The summed E-state index contributed by atoms with van der Waals surface area (Å²) in [5.74, 6) is 1.70. The minimum Gasteiger partial charge on any atom is -0.467 e. The summed E-state index contributed by atoms with van der Waals surface area (Å²) in [5, 5.41) is 3.14. The van der Waals surface area contributed by atoms with Gasteiger partial charge >= 0.3 is 0 Å². The van der Waals surface area contributed by atoms with Gasteiger partial charge in [-0.05, 0) is 19.1 Å². The molecule has 0 radical (unpaired) electrons. The summed E-state index contributed by atoms with van der Waals surface area (Å²) in [6.07, 6.45) is 3.20. The van der Waals surface area contributed by atoms with E-state index in [-0.39, 0.29) is 0 Å². The summed E-state index contributed by atoms with van der Waals surface area (Å²) in [6.45, 7) is 2.57. The van der Waals surface area contributed by atoms with Crippen LogP contribution in [0.5, 0.6) is 0 Å². The third kappa shape index (κ3) is 2.10. The van der Waals surface area contributed by atoms with Crippen LogP contribution in [0.25, 0.3) is 0 Å². The van der Waals surface area contributed by atoms with Crippen molar-refractivity contribution < 1.29 is 4.42 Å². The predicted molar refractivity (Wildman–Crippen MR) is 52.8 cm³/mol. The lowest BCUT2D eigenvalue weighted by molar-refractivity contribution is 0.518. The summed E-state index contributed by atoms with van der Waals surface area (Å²) in [4.78, 5) is 8.09. The highest BCUT2D eigenvalue weighted by atomic mass is 16.3. The van der Waals surface area contributed by atoms with Gasteiger partial charge in [0.15, 0.2) is 0 Å². The average Bonchev–Trinajstić information content (AvgIpc) is 2.67. The molecule has 4 heteroatoms. The van der Waals surface area contributed by atoms with Gasteiger partial charge in [-0.3, -0.25) is 0 Å². The van der Waals surface area contributed by atoms with E-state index < -0.39 is 0 Å². The second-order valence-electron chi connectivity index (χ2n) is 2.98. The highest BCUT2D eigenvalue weighted by molar-refractivity contribution is 5.34. The lowest BCUT2D eigenvalue weighted by Gasteiger charge is -2.02. The van der Waals surface area contributed by atoms with E-state index in [2.05, 4.69) is 15.3 Å². The molecule has 0 aliphatic heterocycles. The Hall–Kier alpha value is -1.84. The fourth-order valence-electron chi connectivity index (χ4n) is 1.14. The monoisotopic (exact) mass is 189 g/mol. The van der Waals surface area contributed by atoms with Crippen molar-refractivity contribution in [3.63, 3.8) is 0 Å². The minimum atomic E-state index is 0.642. The Morgan fingerprint density at radius 2 is 2.36 bits per heavy atom. The number of aryl methyl sites for hydroxylation is 1. The Labute approximate surface area is 82.0 Å². The van der Waals surface area contributed by atoms with E-state index in [0.29, 0.717) is 6.54 Å². The molecule has 4 nitrogen and oxygen atoms in total. The Balaban J connectivity index is 1.98. The fraction of sp³-hybridized carbons (Fsp3) is 0.200. The Kier molecular flexibility index (Phi) is 2.44. The van der Waals surface area contributed by atoms with E-state index in [0.717, 1.165) is 17.3 Å². The minimum absolute atomic E-state index is 0.642. The number of furan rings is 1. The summed E-state index contributed by atoms with van der Waals surface area (Å²) >= 11 is 0. The van der Waals surface area contributed by atoms with E-state index in [9.17, 15) is 0 Å². The van der Waals surface area contributed by atoms with Crippen LogP contribution >= 0.6 is 0 Å². The van der Waals surface area contributed by atoms with Crippen LogP contribution in [0.1, 0.15) is 11.5 Å². The molecular weight excluding hydrogens is 178 g/mol. The van der Waals surface area contributed by atoms with Gasteiger partial charge in [0.1, 0.15) is 17.9 Å². The van der Waals surface area contributed by atoms with Crippen LogP contribution in [0.15, 0.2) is 35.2 Å². The zero-order valence-corrected chi connectivity index (χ0v) is 7.90. The second kappa shape index (κ2) is 3.91. The number of rotatable bonds is 3. The number of hydrogen-bond acceptors (Lipinski definition) is 4. The molecule has 2 rings (SSSR count). The maximum absolute atomic E-state index is 5.18. The third-order valence-corrected chi connectivity index (χ3v) is 1.83. The van der Waals surface area contributed by atoms with Crippen LogP contribution < -0.4 is 5.32 Å². The van der Waals surface area contributed by atoms with Crippen molar-refractivity contribution in [2.45, 2.75) is 13.5 Å². The van der Waals surface area contributed by atoms with Crippen LogP contribution in [-0.4, -0.2) is 9.97 Å². The standard InChI is InChI=1S/C10H11N3O/c1-8-5-10(13-7-12-8)11-6-9-3-2-4-14-9/h2-5,7H,6H2,1H3,(H,11,12,13). The lowest BCUT2D eigenvalue weighted by Crippen LogP contribution is -2.00. The maximum atomic E-state index is 5.18. The van der Waals surface area contributed by atoms with Gasteiger partial charge in [-0.15, -0.1) is 0 Å². The summed E-state index contributed by atoms with van der Waals surface area (Å²) in [7, 11) is 0. The SMILES string of the molecule is Cc1cc(NCc2ccco2)ncn1. The number of nitrogens with one attached hydrogen (secondary N) is 1. The smallest absolute Gasteiger partial charge is 0.129 e. The molecule has 0 spiro atoms. The molecule has 0 atom stereocenters. The molecule has 2 aromatic rings. The van der Waals surface area contributed by atoms with E-state index in [1.54, 1.807) is 12.6 Å². The van der Waals surface area contributed by atoms with Crippen molar-refractivity contribution in [2.75, 3.05) is 5.32 Å². The zero-order valence-electron chi connectivity index (χ0n) is 7.90. The lowest BCUT2D eigenvalue weighted by atomic mass is 10.4. The first-order valence-electron chi connectivity index (χ1n) is 4.39. The molecule has 0 aliphatic carbocycles. The first-order chi connectivity index (χ1) is 6.84. The summed E-state index contributed by atoms with van der Waals surface area (Å²) in [5.41, 5.74) is 0.946. The highest BCUT2D eigenvalue weighted by Crippen LogP contribution is 2.06. The largest absolute Gasteiger partial charge is 0.467 e. The molecule has 0 amide bonds. The number of hydrogen-bond donors (Lipinski definition) is 1. The van der Waals surface area contributed by atoms with Gasteiger partial charge in [0.25, 0.3) is 0 Å². The van der Waals surface area contributed by atoms with Crippen LogP contribution in [0.2, 0.25) is 0 Å². The molecule has 0 saturated carbocycles. The van der Waals surface area contributed by atoms with E-state index in [1.807, 2.05) is 25.1 Å². The molecule has 14 heavy (non-hydrogen) atoms. The second-order valence-corrected chi connectivity index (χ2v) is 2.98. The van der Waals surface area contributed by atoms with E-state index in [4.69, 9.17) is 4.42 Å². The molecule has 0 saturated heterocycles. The van der Waals surface area contributed by atoms with Crippen molar-refractivity contribution in [2.24, 2.45) is 0 Å². The maximum Gasteiger partial charge on any atom is 0.129 e. The van der Waals surface area contributed by atoms with Crippen LogP contribution in [0.4, 0.5) is 5.82 Å². The molecule has 1 N–H and O–H groups in total. The summed E-state index contributed by atoms with van der Waals surface area (Å²) < 4.78 is 5.18. The Bertz CT molecular complexity index is 398. The normalized spacial score (nSPS) is 10.1. The first kappa shape index (κ1) is 8.74. The Morgan fingerprint density at radius 3 is 3.07 bits per heavy atom. The fourth-order valence-corrected chi connectivity index (χ4v) is 1.14. The van der Waals surface area contributed by atoms with Gasteiger partial charge in [0.05, 0.1) is 12.8 Å². The molecule has 2 aromatic heterocycles. The van der Waals surface area contributed by atoms with E-state index >= 15 is 0 Å². The first-order valence-corrected chi connectivity index (χ1v) is 4.39. The van der Waals surface area contributed by atoms with Crippen LogP contribution in [0.3, 0.4) is 0 Å². The van der Waals surface area contributed by atoms with Crippen molar-refractivity contribution in [1.29, 1.82) is 0 Å². The van der Waals surface area contributed by atoms with Crippen molar-refractivity contribution in [1.82, 2.24) is 9.97 Å². The quantitative estimate of drug-likeness (QED) is 0.802. The predicted octanol–water partition coefficient (Wildman–Crippen LogP) is 1.99. The highest BCUT2D eigenvalue weighted by Gasteiger charge is 1.97. The molecule has 0 aliphatic rings. The van der Waals surface area contributed by atoms with E-state index in [1.165, 1.54) is 0 Å². The van der Waals surface area contributed by atoms with Gasteiger partial charge < -0.3 is 9.73 Å². The number of anilines is 1. The molecule has 0 bridgehead atoms. The Morgan fingerprint density at radius 1 is 1.43 bits per heavy atom. The van der Waals surface area contributed by atoms with Gasteiger partial charge in [-0.2, -0.15) is 0 Å². The van der Waals surface area contributed by atoms with Crippen molar-refractivity contribution in [3.05, 3.63) is 42.2 Å². The van der Waals surface area contributed by atoms with Crippen molar-refractivity contribution >= 4 is 5.82 Å². The molecule has 0 unspecified atom stereocenters. The topological polar surface area (TPSA) is 51.0 Å². The number of aromatic nitrogens is 2. The number of nitrogens with zero attached hydrogens (tertiary/aromatic N) is 2. The van der Waals surface area contributed by atoms with Crippen LogP contribution in [-0.2, 0) is 6.54 Å². The van der Waals surface area contributed by atoms with Crippen LogP contribution in [0, 0.1) is 6.92 Å². The zero-order chi connectivity index (χ0) is 9.80. The van der Waals surface area contributed by atoms with Crippen molar-refractivity contribution in [3.8, 4) is 0 Å². The molecule has 0 fully saturated rings. The molecular formula is C10H11N3O.